The number of morpholine rings is 1. The summed E-state index contributed by atoms with van der Waals surface area (Å²) in [5, 5.41) is 9.38. The highest BCUT2D eigenvalue weighted by molar-refractivity contribution is 6.30. The first-order valence-corrected chi connectivity index (χ1v) is 8.47. The second-order valence-corrected chi connectivity index (χ2v) is 7.62. The number of pyridine rings is 1. The number of carbonyl (C=O) groups excluding carboxylic acids is 2. The first-order valence-electron chi connectivity index (χ1n) is 8.09. The topological polar surface area (TPSA) is 83.3 Å². The van der Waals surface area contributed by atoms with E-state index in [4.69, 9.17) is 16.3 Å². The van der Waals surface area contributed by atoms with E-state index in [2.05, 4.69) is 4.98 Å². The van der Waals surface area contributed by atoms with Crippen LogP contribution in [0.1, 0.15) is 30.8 Å². The van der Waals surface area contributed by atoms with Crippen molar-refractivity contribution >= 4 is 23.3 Å². The minimum absolute atomic E-state index is 0.0198. The zero-order valence-electron chi connectivity index (χ0n) is 14.4. The van der Waals surface area contributed by atoms with Crippen molar-refractivity contribution in [3.8, 4) is 6.07 Å². The number of aromatic nitrogens is 1. The molecule has 1 amide bonds. The number of halogens is 2. The Hall–Kier alpha value is -2.30. The molecule has 136 valence electrons. The van der Waals surface area contributed by atoms with Crippen molar-refractivity contribution in [1.29, 1.82) is 5.26 Å². The Labute approximate surface area is 155 Å². The SMILES string of the molecule is CC1(C)CC2(C=C(C#N)C1=O)CN(C(=O)c1ncc(Cl)cc1F)CCO2. The van der Waals surface area contributed by atoms with Crippen LogP contribution >= 0.6 is 11.6 Å². The van der Waals surface area contributed by atoms with Gasteiger partial charge < -0.3 is 9.64 Å². The molecule has 0 N–H and O–H groups in total. The van der Waals surface area contributed by atoms with Gasteiger partial charge in [0.15, 0.2) is 17.3 Å². The largest absolute Gasteiger partial charge is 0.367 e. The number of ketones is 1. The van der Waals surface area contributed by atoms with Gasteiger partial charge in [-0.3, -0.25) is 9.59 Å². The van der Waals surface area contributed by atoms with Gasteiger partial charge in [0.05, 0.1) is 23.7 Å². The standard InChI is InChI=1S/C18H17ClFN3O3/c1-17(2)9-18(6-11(7-21)15(17)24)10-23(3-4-26-18)16(25)14-13(20)5-12(19)8-22-14/h5-6,8H,3-4,9-10H2,1-2H3. The molecule has 3 rings (SSSR count). The zero-order chi connectivity index (χ0) is 19.1. The van der Waals surface area contributed by atoms with Crippen LogP contribution in [0.4, 0.5) is 4.39 Å². The van der Waals surface area contributed by atoms with E-state index in [0.29, 0.717) is 6.42 Å². The summed E-state index contributed by atoms with van der Waals surface area (Å²) in [5.74, 6) is -1.62. The van der Waals surface area contributed by atoms with Crippen LogP contribution < -0.4 is 0 Å². The molecule has 2 aliphatic rings. The van der Waals surface area contributed by atoms with Crippen LogP contribution in [-0.4, -0.2) is 46.9 Å². The summed E-state index contributed by atoms with van der Waals surface area (Å²) in [5.41, 5.74) is -2.05. The van der Waals surface area contributed by atoms with E-state index in [0.717, 1.165) is 6.07 Å². The number of Topliss-reactive ketones (excluding diaryl/α,β-unsaturated/α-hetero) is 1. The van der Waals surface area contributed by atoms with E-state index in [1.54, 1.807) is 13.8 Å². The van der Waals surface area contributed by atoms with Crippen molar-refractivity contribution in [3.05, 3.63) is 40.4 Å². The predicted octanol–water partition coefficient (Wildman–Crippen LogP) is 2.53. The molecule has 2 heterocycles. The number of ether oxygens (including phenoxy) is 1. The molecule has 1 aliphatic heterocycles. The zero-order valence-corrected chi connectivity index (χ0v) is 15.1. The van der Waals surface area contributed by atoms with E-state index >= 15 is 0 Å². The highest BCUT2D eigenvalue weighted by Crippen LogP contribution is 2.41. The highest BCUT2D eigenvalue weighted by Gasteiger charge is 2.48. The van der Waals surface area contributed by atoms with Gasteiger partial charge >= 0.3 is 0 Å². The molecular weight excluding hydrogens is 361 g/mol. The van der Waals surface area contributed by atoms with E-state index in [-0.39, 0.29) is 41.8 Å². The Kier molecular flexibility index (Phi) is 4.59. The molecule has 1 aromatic heterocycles. The maximum atomic E-state index is 14.1. The third-order valence-corrected chi connectivity index (χ3v) is 4.84. The van der Waals surface area contributed by atoms with Gasteiger partial charge in [0.25, 0.3) is 5.91 Å². The van der Waals surface area contributed by atoms with Crippen molar-refractivity contribution in [2.24, 2.45) is 5.41 Å². The van der Waals surface area contributed by atoms with Gasteiger partial charge in [-0.25, -0.2) is 9.37 Å². The average Bonchev–Trinajstić information content (AvgIpc) is 2.57. The van der Waals surface area contributed by atoms with E-state index in [1.807, 2.05) is 6.07 Å². The fourth-order valence-corrected chi connectivity index (χ4v) is 3.70. The molecule has 0 aromatic carbocycles. The summed E-state index contributed by atoms with van der Waals surface area (Å²) in [7, 11) is 0. The molecule has 1 aliphatic carbocycles. The summed E-state index contributed by atoms with van der Waals surface area (Å²) >= 11 is 5.68. The first kappa shape index (κ1) is 18.5. The number of hydrogen-bond acceptors (Lipinski definition) is 5. The molecular formula is C18H17ClFN3O3. The molecule has 0 saturated carbocycles. The average molecular weight is 378 g/mol. The van der Waals surface area contributed by atoms with Crippen molar-refractivity contribution in [3.63, 3.8) is 0 Å². The summed E-state index contributed by atoms with van der Waals surface area (Å²) in [6.07, 6.45) is 3.03. The molecule has 1 unspecified atom stereocenters. The molecule has 6 nitrogen and oxygen atoms in total. The van der Waals surface area contributed by atoms with Crippen molar-refractivity contribution in [1.82, 2.24) is 9.88 Å². The second kappa shape index (κ2) is 6.45. The monoisotopic (exact) mass is 377 g/mol. The van der Waals surface area contributed by atoms with Crippen LogP contribution in [0.25, 0.3) is 0 Å². The smallest absolute Gasteiger partial charge is 0.275 e. The number of rotatable bonds is 1. The predicted molar refractivity (Wildman–Crippen MR) is 90.9 cm³/mol. The lowest BCUT2D eigenvalue weighted by molar-refractivity contribution is -0.134. The number of amides is 1. The molecule has 1 aromatic rings. The molecule has 8 heteroatoms. The molecule has 0 radical (unpaired) electrons. The number of nitriles is 1. The Bertz CT molecular complexity index is 862. The maximum Gasteiger partial charge on any atom is 0.275 e. The van der Waals surface area contributed by atoms with Gasteiger partial charge in [-0.05, 0) is 18.6 Å². The molecule has 0 bridgehead atoms. The number of nitrogens with zero attached hydrogens (tertiary/aromatic N) is 3. The third-order valence-electron chi connectivity index (χ3n) is 4.64. The van der Waals surface area contributed by atoms with Crippen molar-refractivity contribution in [2.75, 3.05) is 19.7 Å². The minimum Gasteiger partial charge on any atom is -0.367 e. The second-order valence-electron chi connectivity index (χ2n) is 7.18. The first-order chi connectivity index (χ1) is 12.2. The Morgan fingerprint density at radius 1 is 1.50 bits per heavy atom. The van der Waals surface area contributed by atoms with Crippen LogP contribution in [0.15, 0.2) is 23.9 Å². The fourth-order valence-electron chi connectivity index (χ4n) is 3.55. The summed E-state index contributed by atoms with van der Waals surface area (Å²) in [4.78, 5) is 30.3. The van der Waals surface area contributed by atoms with Crippen molar-refractivity contribution in [2.45, 2.75) is 25.9 Å². The van der Waals surface area contributed by atoms with E-state index in [1.165, 1.54) is 17.2 Å². The lowest BCUT2D eigenvalue weighted by Gasteiger charge is -2.46. The molecule has 1 atom stereocenters. The Morgan fingerprint density at radius 3 is 2.88 bits per heavy atom. The van der Waals surface area contributed by atoms with Crippen LogP contribution in [0.3, 0.4) is 0 Å². The normalized spacial score (nSPS) is 25.0. The quantitative estimate of drug-likeness (QED) is 0.751. The molecule has 26 heavy (non-hydrogen) atoms. The summed E-state index contributed by atoms with van der Waals surface area (Å²) < 4.78 is 19.9. The summed E-state index contributed by atoms with van der Waals surface area (Å²) in [6.45, 7) is 4.06. The van der Waals surface area contributed by atoms with Gasteiger partial charge in [-0.15, -0.1) is 0 Å². The minimum atomic E-state index is -0.959. The van der Waals surface area contributed by atoms with Crippen LogP contribution in [-0.2, 0) is 9.53 Å². The van der Waals surface area contributed by atoms with Crippen LogP contribution in [0.2, 0.25) is 5.02 Å². The van der Waals surface area contributed by atoms with Gasteiger partial charge in [0, 0.05) is 18.2 Å². The van der Waals surface area contributed by atoms with E-state index < -0.39 is 22.7 Å². The molecule has 1 spiro atoms. The van der Waals surface area contributed by atoms with Gasteiger partial charge in [0.1, 0.15) is 11.7 Å². The summed E-state index contributed by atoms with van der Waals surface area (Å²) in [6, 6.07) is 2.95. The van der Waals surface area contributed by atoms with Crippen LogP contribution in [0, 0.1) is 22.6 Å². The molecule has 1 fully saturated rings. The Morgan fingerprint density at radius 2 is 2.23 bits per heavy atom. The van der Waals surface area contributed by atoms with Gasteiger partial charge in [0.2, 0.25) is 0 Å². The highest BCUT2D eigenvalue weighted by atomic mass is 35.5. The maximum absolute atomic E-state index is 14.1. The Balaban J connectivity index is 1.92. The number of hydrogen-bond donors (Lipinski definition) is 0. The number of allylic oxidation sites excluding steroid dienone is 1. The lowest BCUT2D eigenvalue weighted by Crippen LogP contribution is -2.57. The van der Waals surface area contributed by atoms with Gasteiger partial charge in [-0.1, -0.05) is 25.4 Å². The van der Waals surface area contributed by atoms with E-state index in [9.17, 15) is 19.2 Å². The van der Waals surface area contributed by atoms with Gasteiger partial charge in [-0.2, -0.15) is 5.26 Å². The lowest BCUT2D eigenvalue weighted by atomic mass is 9.69. The third kappa shape index (κ3) is 3.22. The molecule has 1 saturated heterocycles. The van der Waals surface area contributed by atoms with Crippen LogP contribution in [0.5, 0.6) is 0 Å². The number of carbonyl (C=O) groups is 2. The fraction of sp³-hybridized carbons (Fsp3) is 0.444. The van der Waals surface area contributed by atoms with Crippen molar-refractivity contribution < 1.29 is 18.7 Å².